The molecule has 3 rings (SSSR count). The van der Waals surface area contributed by atoms with Crippen LogP contribution in [-0.2, 0) is 11.2 Å². The minimum atomic E-state index is -0.634. The summed E-state index contributed by atoms with van der Waals surface area (Å²) in [4.78, 5) is 0. The summed E-state index contributed by atoms with van der Waals surface area (Å²) in [6.45, 7) is 1.94. The first-order valence-electron chi connectivity index (χ1n) is 9.38. The predicted octanol–water partition coefficient (Wildman–Crippen LogP) is 3.88. The number of aryl methyl sites for hydroxylation is 1. The number of aliphatic hydroxyl groups is 1. The van der Waals surface area contributed by atoms with Crippen LogP contribution in [-0.4, -0.2) is 30.5 Å². The molecule has 25 heavy (non-hydrogen) atoms. The van der Waals surface area contributed by atoms with Gasteiger partial charge in [-0.2, -0.15) is 0 Å². The number of rotatable bonds is 8. The van der Waals surface area contributed by atoms with E-state index in [4.69, 9.17) is 4.74 Å². The number of hydrogen-bond acceptors (Lipinski definition) is 3. The summed E-state index contributed by atoms with van der Waals surface area (Å²) in [7, 11) is 0. The lowest BCUT2D eigenvalue weighted by Crippen LogP contribution is -2.45. The average Bonchev–Trinajstić information content (AvgIpc) is 2.66. The Morgan fingerprint density at radius 3 is 2.28 bits per heavy atom. The summed E-state index contributed by atoms with van der Waals surface area (Å²) in [5.41, 5.74) is 2.05. The van der Waals surface area contributed by atoms with Crippen LogP contribution in [0.3, 0.4) is 0 Å². The first-order chi connectivity index (χ1) is 12.3. The highest BCUT2D eigenvalue weighted by Crippen LogP contribution is 2.24. The monoisotopic (exact) mass is 339 g/mol. The van der Waals surface area contributed by atoms with Crippen molar-refractivity contribution < 1.29 is 9.84 Å². The standard InChI is InChI=1S/C22H29NO2/c24-22(14-16-25-17-15-22)18-23-21(20-11-5-2-6-12-20)13-7-10-19-8-3-1-4-9-19/h1-6,8-9,11-12,21,23-24H,7,10,13-18H2. The number of hydrogen-bond donors (Lipinski definition) is 2. The minimum Gasteiger partial charge on any atom is -0.388 e. The van der Waals surface area contributed by atoms with Crippen LogP contribution in [0.2, 0.25) is 0 Å². The predicted molar refractivity (Wildman–Crippen MR) is 102 cm³/mol. The van der Waals surface area contributed by atoms with E-state index in [1.807, 2.05) is 0 Å². The zero-order valence-corrected chi connectivity index (χ0v) is 14.9. The van der Waals surface area contributed by atoms with Gasteiger partial charge in [-0.3, -0.25) is 0 Å². The lowest BCUT2D eigenvalue weighted by Gasteiger charge is -2.34. The Bertz CT molecular complexity index is 608. The summed E-state index contributed by atoms with van der Waals surface area (Å²) in [6, 6.07) is 21.5. The highest BCUT2D eigenvalue weighted by atomic mass is 16.5. The first-order valence-corrected chi connectivity index (χ1v) is 9.38. The number of benzene rings is 2. The lowest BCUT2D eigenvalue weighted by molar-refractivity contribution is -0.0629. The number of nitrogens with one attached hydrogen (secondary N) is 1. The van der Waals surface area contributed by atoms with E-state index in [1.165, 1.54) is 11.1 Å². The van der Waals surface area contributed by atoms with Crippen LogP contribution in [0.15, 0.2) is 60.7 Å². The van der Waals surface area contributed by atoms with Gasteiger partial charge in [-0.05, 0) is 30.4 Å². The molecule has 0 saturated carbocycles. The third kappa shape index (κ3) is 5.67. The molecule has 1 unspecified atom stereocenters. The van der Waals surface area contributed by atoms with Crippen LogP contribution >= 0.6 is 0 Å². The van der Waals surface area contributed by atoms with E-state index in [0.717, 1.165) is 19.3 Å². The van der Waals surface area contributed by atoms with Crippen LogP contribution in [0.1, 0.15) is 42.9 Å². The SMILES string of the molecule is OC1(CNC(CCCc2ccccc2)c2ccccc2)CCOCC1. The molecule has 2 N–H and O–H groups in total. The van der Waals surface area contributed by atoms with Crippen molar-refractivity contribution in [2.45, 2.75) is 43.7 Å². The lowest BCUT2D eigenvalue weighted by atomic mass is 9.92. The second kappa shape index (κ2) is 9.14. The third-order valence-corrected chi connectivity index (χ3v) is 5.10. The van der Waals surface area contributed by atoms with Gasteiger partial charge in [-0.25, -0.2) is 0 Å². The molecular weight excluding hydrogens is 310 g/mol. The van der Waals surface area contributed by atoms with Gasteiger partial charge in [0.15, 0.2) is 0 Å². The second-order valence-electron chi connectivity index (χ2n) is 7.06. The topological polar surface area (TPSA) is 41.5 Å². The summed E-state index contributed by atoms with van der Waals surface area (Å²) >= 11 is 0. The Labute approximate surface area is 151 Å². The molecule has 134 valence electrons. The molecule has 3 heteroatoms. The van der Waals surface area contributed by atoms with Crippen molar-refractivity contribution in [2.24, 2.45) is 0 Å². The van der Waals surface area contributed by atoms with E-state index in [0.29, 0.717) is 32.6 Å². The zero-order valence-electron chi connectivity index (χ0n) is 14.9. The van der Waals surface area contributed by atoms with Gasteiger partial charge in [0.05, 0.1) is 5.60 Å². The molecule has 1 fully saturated rings. The van der Waals surface area contributed by atoms with Gasteiger partial charge in [-0.15, -0.1) is 0 Å². The van der Waals surface area contributed by atoms with Crippen LogP contribution in [0.4, 0.5) is 0 Å². The maximum atomic E-state index is 10.7. The molecule has 1 aliphatic rings. The molecule has 2 aromatic carbocycles. The average molecular weight is 339 g/mol. The van der Waals surface area contributed by atoms with Gasteiger partial charge in [-0.1, -0.05) is 60.7 Å². The molecule has 0 aliphatic carbocycles. The van der Waals surface area contributed by atoms with E-state index in [-0.39, 0.29) is 6.04 Å². The maximum absolute atomic E-state index is 10.7. The van der Waals surface area contributed by atoms with Gasteiger partial charge < -0.3 is 15.2 Å². The largest absolute Gasteiger partial charge is 0.388 e. The van der Waals surface area contributed by atoms with Crippen molar-refractivity contribution in [1.82, 2.24) is 5.32 Å². The van der Waals surface area contributed by atoms with Gasteiger partial charge in [0.1, 0.15) is 0 Å². The normalized spacial score (nSPS) is 18.0. The van der Waals surface area contributed by atoms with Crippen LogP contribution in [0, 0.1) is 0 Å². The third-order valence-electron chi connectivity index (χ3n) is 5.10. The molecule has 0 aromatic heterocycles. The minimum absolute atomic E-state index is 0.275. The molecule has 2 aromatic rings. The fraction of sp³-hybridized carbons (Fsp3) is 0.455. The summed E-state index contributed by atoms with van der Waals surface area (Å²) in [6.07, 6.45) is 4.70. The van der Waals surface area contributed by atoms with Gasteiger partial charge in [0, 0.05) is 38.6 Å². The van der Waals surface area contributed by atoms with E-state index in [1.54, 1.807) is 0 Å². The maximum Gasteiger partial charge on any atom is 0.0815 e. The Hall–Kier alpha value is -1.68. The Balaban J connectivity index is 1.57. The van der Waals surface area contributed by atoms with Crippen molar-refractivity contribution in [3.05, 3.63) is 71.8 Å². The highest BCUT2D eigenvalue weighted by molar-refractivity contribution is 5.19. The molecule has 0 amide bonds. The Morgan fingerprint density at radius 1 is 0.960 bits per heavy atom. The summed E-state index contributed by atoms with van der Waals surface area (Å²) < 4.78 is 5.38. The second-order valence-corrected chi connectivity index (χ2v) is 7.06. The smallest absolute Gasteiger partial charge is 0.0815 e. The quantitative estimate of drug-likeness (QED) is 0.767. The van der Waals surface area contributed by atoms with Crippen molar-refractivity contribution in [2.75, 3.05) is 19.8 Å². The molecule has 1 heterocycles. The molecule has 1 atom stereocenters. The van der Waals surface area contributed by atoms with Gasteiger partial charge in [0.25, 0.3) is 0 Å². The van der Waals surface area contributed by atoms with Crippen molar-refractivity contribution in [3.8, 4) is 0 Å². The van der Waals surface area contributed by atoms with Crippen molar-refractivity contribution in [1.29, 1.82) is 0 Å². The molecule has 1 saturated heterocycles. The van der Waals surface area contributed by atoms with Crippen molar-refractivity contribution >= 4 is 0 Å². The molecule has 0 radical (unpaired) electrons. The number of ether oxygens (including phenoxy) is 1. The van der Waals surface area contributed by atoms with E-state index in [2.05, 4.69) is 66.0 Å². The first kappa shape index (κ1) is 18.1. The summed E-state index contributed by atoms with van der Waals surface area (Å²) in [5, 5.41) is 14.4. The van der Waals surface area contributed by atoms with E-state index in [9.17, 15) is 5.11 Å². The molecule has 1 aliphatic heterocycles. The van der Waals surface area contributed by atoms with Gasteiger partial charge >= 0.3 is 0 Å². The van der Waals surface area contributed by atoms with Crippen molar-refractivity contribution in [3.63, 3.8) is 0 Å². The van der Waals surface area contributed by atoms with E-state index < -0.39 is 5.60 Å². The fourth-order valence-electron chi connectivity index (χ4n) is 3.47. The fourth-order valence-corrected chi connectivity index (χ4v) is 3.47. The van der Waals surface area contributed by atoms with Gasteiger partial charge in [0.2, 0.25) is 0 Å². The van der Waals surface area contributed by atoms with Crippen LogP contribution in [0.5, 0.6) is 0 Å². The molecular formula is C22H29NO2. The Morgan fingerprint density at radius 2 is 1.60 bits per heavy atom. The Kier molecular flexibility index (Phi) is 6.62. The van der Waals surface area contributed by atoms with Crippen LogP contribution < -0.4 is 5.32 Å². The molecule has 3 nitrogen and oxygen atoms in total. The van der Waals surface area contributed by atoms with Crippen LogP contribution in [0.25, 0.3) is 0 Å². The zero-order chi connectivity index (χ0) is 17.4. The summed E-state index contributed by atoms with van der Waals surface area (Å²) in [5.74, 6) is 0. The molecule has 0 spiro atoms. The highest BCUT2D eigenvalue weighted by Gasteiger charge is 2.30. The van der Waals surface area contributed by atoms with E-state index >= 15 is 0 Å². The molecule has 0 bridgehead atoms.